The fourth-order valence-corrected chi connectivity index (χ4v) is 1.68. The second-order valence-corrected chi connectivity index (χ2v) is 3.61. The Morgan fingerprint density at radius 2 is 2.27 bits per heavy atom. The highest BCUT2D eigenvalue weighted by Gasteiger charge is 2.06. The number of hydrogen-bond acceptors (Lipinski definition) is 2. The molecule has 0 spiro atoms. The molecule has 2 aromatic rings. The third-order valence-electron chi connectivity index (χ3n) is 1.41. The summed E-state index contributed by atoms with van der Waals surface area (Å²) in [6.07, 6.45) is 0. The third-order valence-corrected chi connectivity index (χ3v) is 2.53. The van der Waals surface area contributed by atoms with E-state index in [0.717, 1.165) is 14.5 Å². The van der Waals surface area contributed by atoms with Crippen LogP contribution in [0.4, 0.5) is 0 Å². The first-order chi connectivity index (χ1) is 5.29. The summed E-state index contributed by atoms with van der Waals surface area (Å²) in [6, 6.07) is 5.76. The molecule has 0 fully saturated rings. The zero-order chi connectivity index (χ0) is 7.84. The minimum Gasteiger partial charge on any atom is -0.354 e. The van der Waals surface area contributed by atoms with Crippen molar-refractivity contribution in [2.75, 3.05) is 0 Å². The maximum atomic E-state index is 5.74. The van der Waals surface area contributed by atoms with Gasteiger partial charge in [0.15, 0.2) is 10.7 Å². The highest BCUT2D eigenvalue weighted by atomic mass is 127. The maximum Gasteiger partial charge on any atom is 0.181 e. The van der Waals surface area contributed by atoms with Gasteiger partial charge in [-0.3, -0.25) is 0 Å². The van der Waals surface area contributed by atoms with Crippen LogP contribution in [0.3, 0.4) is 0 Å². The Bertz CT molecular complexity index is 398. The molecule has 0 amide bonds. The molecule has 0 aliphatic heterocycles. The van der Waals surface area contributed by atoms with Gasteiger partial charge in [0, 0.05) is 0 Å². The summed E-state index contributed by atoms with van der Waals surface area (Å²) in [7, 11) is 0. The van der Waals surface area contributed by atoms with E-state index in [1.807, 2.05) is 18.2 Å². The van der Waals surface area contributed by atoms with Crippen molar-refractivity contribution in [3.05, 3.63) is 26.9 Å². The second-order valence-electron chi connectivity index (χ2n) is 2.09. The zero-order valence-corrected chi connectivity index (χ0v) is 8.26. The van der Waals surface area contributed by atoms with Crippen LogP contribution in [0.2, 0.25) is 5.15 Å². The number of benzene rings is 1. The molecule has 0 unspecified atom stereocenters. The Morgan fingerprint density at radius 3 is 3.00 bits per heavy atom. The van der Waals surface area contributed by atoms with Gasteiger partial charge in [-0.05, 0) is 34.7 Å². The van der Waals surface area contributed by atoms with Gasteiger partial charge in [-0.1, -0.05) is 22.8 Å². The molecule has 0 N–H and O–H groups in total. The number of fused-ring (bicyclic) bond motifs is 1. The minimum absolute atomic E-state index is 0.429. The molecule has 2 nitrogen and oxygen atoms in total. The zero-order valence-electron chi connectivity index (χ0n) is 5.34. The fourth-order valence-electron chi connectivity index (χ4n) is 0.899. The van der Waals surface area contributed by atoms with Crippen molar-refractivity contribution in [1.82, 2.24) is 5.16 Å². The molecule has 2 rings (SSSR count). The van der Waals surface area contributed by atoms with Gasteiger partial charge in [0.2, 0.25) is 0 Å². The SMILES string of the molecule is Clc1noc2c(I)cccc12. The lowest BCUT2D eigenvalue weighted by Crippen LogP contribution is -1.69. The van der Waals surface area contributed by atoms with Gasteiger partial charge in [0.25, 0.3) is 0 Å². The summed E-state index contributed by atoms with van der Waals surface area (Å²) in [5.41, 5.74) is 0.762. The van der Waals surface area contributed by atoms with E-state index in [0.29, 0.717) is 5.15 Å². The highest BCUT2D eigenvalue weighted by Crippen LogP contribution is 2.25. The van der Waals surface area contributed by atoms with Crippen molar-refractivity contribution in [2.45, 2.75) is 0 Å². The molecule has 0 aliphatic rings. The van der Waals surface area contributed by atoms with Crippen molar-refractivity contribution in [3.63, 3.8) is 0 Å². The van der Waals surface area contributed by atoms with Crippen molar-refractivity contribution in [3.8, 4) is 0 Å². The van der Waals surface area contributed by atoms with Crippen LogP contribution in [0, 0.1) is 3.57 Å². The maximum absolute atomic E-state index is 5.74. The molecular formula is C7H3ClINO. The first kappa shape index (κ1) is 7.36. The number of nitrogens with zero attached hydrogens (tertiary/aromatic N) is 1. The average Bonchev–Trinajstić information content (AvgIpc) is 2.35. The lowest BCUT2D eigenvalue weighted by molar-refractivity contribution is 0.455. The number of aromatic nitrogens is 1. The topological polar surface area (TPSA) is 26.0 Å². The Hall–Kier alpha value is -0.290. The van der Waals surface area contributed by atoms with E-state index in [1.54, 1.807) is 0 Å². The van der Waals surface area contributed by atoms with Gasteiger partial charge < -0.3 is 4.52 Å². The Kier molecular flexibility index (Phi) is 1.77. The van der Waals surface area contributed by atoms with Crippen LogP contribution in [0.5, 0.6) is 0 Å². The molecule has 56 valence electrons. The van der Waals surface area contributed by atoms with E-state index in [1.165, 1.54) is 0 Å². The molecule has 0 atom stereocenters. The minimum atomic E-state index is 0.429. The second kappa shape index (κ2) is 2.64. The highest BCUT2D eigenvalue weighted by molar-refractivity contribution is 14.1. The predicted octanol–water partition coefficient (Wildman–Crippen LogP) is 3.09. The van der Waals surface area contributed by atoms with Gasteiger partial charge in [-0.15, -0.1) is 0 Å². The van der Waals surface area contributed by atoms with Crippen LogP contribution in [-0.2, 0) is 0 Å². The summed E-state index contributed by atoms with van der Waals surface area (Å²) in [4.78, 5) is 0. The van der Waals surface area contributed by atoms with E-state index in [4.69, 9.17) is 16.1 Å². The molecule has 11 heavy (non-hydrogen) atoms. The molecular weight excluding hydrogens is 276 g/mol. The molecule has 1 aromatic heterocycles. The van der Waals surface area contributed by atoms with Gasteiger partial charge in [0.1, 0.15) is 0 Å². The lowest BCUT2D eigenvalue weighted by atomic mass is 10.3. The standard InChI is InChI=1S/C7H3ClINO/c8-7-4-2-1-3-5(9)6(4)11-10-7/h1-3H. The Labute approximate surface area is 81.6 Å². The van der Waals surface area contributed by atoms with E-state index in [9.17, 15) is 0 Å². The molecule has 0 bridgehead atoms. The number of rotatable bonds is 0. The number of hydrogen-bond donors (Lipinski definition) is 0. The van der Waals surface area contributed by atoms with Crippen LogP contribution in [-0.4, -0.2) is 5.16 Å². The molecule has 1 heterocycles. The first-order valence-electron chi connectivity index (χ1n) is 2.98. The Morgan fingerprint density at radius 1 is 1.45 bits per heavy atom. The van der Waals surface area contributed by atoms with Crippen LogP contribution in [0.1, 0.15) is 0 Å². The molecule has 1 aromatic carbocycles. The van der Waals surface area contributed by atoms with Crippen LogP contribution >= 0.6 is 34.2 Å². The summed E-state index contributed by atoms with van der Waals surface area (Å²) >= 11 is 7.92. The van der Waals surface area contributed by atoms with E-state index in [-0.39, 0.29) is 0 Å². The van der Waals surface area contributed by atoms with Crippen LogP contribution in [0.15, 0.2) is 22.7 Å². The summed E-state index contributed by atoms with van der Waals surface area (Å²) in [5, 5.41) is 4.95. The van der Waals surface area contributed by atoms with Gasteiger partial charge in [-0.25, -0.2) is 0 Å². The van der Waals surface area contributed by atoms with E-state index >= 15 is 0 Å². The van der Waals surface area contributed by atoms with E-state index in [2.05, 4.69) is 27.7 Å². The molecule has 0 saturated heterocycles. The monoisotopic (exact) mass is 279 g/mol. The molecule has 0 radical (unpaired) electrons. The van der Waals surface area contributed by atoms with Gasteiger partial charge >= 0.3 is 0 Å². The van der Waals surface area contributed by atoms with Crippen LogP contribution < -0.4 is 0 Å². The van der Waals surface area contributed by atoms with Crippen LogP contribution in [0.25, 0.3) is 11.0 Å². The first-order valence-corrected chi connectivity index (χ1v) is 4.44. The smallest absolute Gasteiger partial charge is 0.181 e. The lowest BCUT2D eigenvalue weighted by Gasteiger charge is -1.87. The average molecular weight is 279 g/mol. The van der Waals surface area contributed by atoms with Crippen molar-refractivity contribution < 1.29 is 4.52 Å². The van der Waals surface area contributed by atoms with Gasteiger partial charge in [-0.2, -0.15) is 0 Å². The summed E-state index contributed by atoms with van der Waals surface area (Å²) in [6.45, 7) is 0. The van der Waals surface area contributed by atoms with Crippen molar-refractivity contribution >= 4 is 45.2 Å². The van der Waals surface area contributed by atoms with Gasteiger partial charge in [0.05, 0.1) is 8.96 Å². The fraction of sp³-hybridized carbons (Fsp3) is 0. The largest absolute Gasteiger partial charge is 0.354 e. The molecule has 4 heteroatoms. The molecule has 0 saturated carbocycles. The van der Waals surface area contributed by atoms with E-state index < -0.39 is 0 Å². The summed E-state index contributed by atoms with van der Waals surface area (Å²) in [5.74, 6) is 0. The quantitative estimate of drug-likeness (QED) is 0.693. The predicted molar refractivity (Wildman–Crippen MR) is 51.7 cm³/mol. The Balaban J connectivity index is 2.94. The number of halogens is 2. The third kappa shape index (κ3) is 1.12. The molecule has 0 aliphatic carbocycles. The van der Waals surface area contributed by atoms with Crippen molar-refractivity contribution in [2.24, 2.45) is 0 Å². The summed E-state index contributed by atoms with van der Waals surface area (Å²) < 4.78 is 6.02. The van der Waals surface area contributed by atoms with Crippen molar-refractivity contribution in [1.29, 1.82) is 0 Å². The normalized spacial score (nSPS) is 10.7. The number of para-hydroxylation sites is 1.